The molecule has 0 bridgehead atoms. The number of amides is 1. The Morgan fingerprint density at radius 1 is 1.15 bits per heavy atom. The fourth-order valence-electron chi connectivity index (χ4n) is 2.89. The van der Waals surface area contributed by atoms with Gasteiger partial charge in [-0.2, -0.15) is 0 Å². The first kappa shape index (κ1) is 20.5. The van der Waals surface area contributed by atoms with Crippen LogP contribution in [0.3, 0.4) is 0 Å². The molecule has 0 unspecified atom stereocenters. The third-order valence-corrected chi connectivity index (χ3v) is 4.55. The largest absolute Gasteiger partial charge is 0.355 e. The number of hydrogen-bond donors (Lipinski definition) is 2. The average Bonchev–Trinajstić information content (AvgIpc) is 2.94. The minimum Gasteiger partial charge on any atom is -0.355 e. The smallest absolute Gasteiger partial charge is 0.231 e. The molecule has 0 saturated heterocycles. The number of anilines is 1. The van der Waals surface area contributed by atoms with Crippen molar-refractivity contribution in [1.29, 1.82) is 0 Å². The molecule has 0 atom stereocenters. The molecule has 0 spiro atoms. The monoisotopic (exact) mass is 484 g/mol. The van der Waals surface area contributed by atoms with Crippen molar-refractivity contribution in [3.63, 3.8) is 0 Å². The van der Waals surface area contributed by atoms with Crippen molar-refractivity contribution in [1.82, 2.24) is 10.6 Å². The van der Waals surface area contributed by atoms with Gasteiger partial charge in [0.25, 0.3) is 0 Å². The summed E-state index contributed by atoms with van der Waals surface area (Å²) in [6.45, 7) is 1.80. The number of carbonyl (C=O) groups excluding carboxylic acids is 1. The molecule has 2 aromatic rings. The van der Waals surface area contributed by atoms with Crippen LogP contribution in [-0.4, -0.2) is 32.0 Å². The zero-order valence-electron chi connectivity index (χ0n) is 14.5. The van der Waals surface area contributed by atoms with Gasteiger partial charge in [0.15, 0.2) is 5.96 Å². The molecule has 1 heterocycles. The molecule has 1 amide bonds. The van der Waals surface area contributed by atoms with Gasteiger partial charge in [0.05, 0.1) is 6.42 Å². The van der Waals surface area contributed by atoms with Crippen molar-refractivity contribution in [2.24, 2.45) is 4.99 Å². The number of hydrogen-bond acceptors (Lipinski definition) is 2. The maximum Gasteiger partial charge on any atom is 0.231 e. The van der Waals surface area contributed by atoms with Crippen LogP contribution in [0.2, 0.25) is 5.02 Å². The lowest BCUT2D eigenvalue weighted by molar-refractivity contribution is -0.117. The molecule has 0 saturated carbocycles. The van der Waals surface area contributed by atoms with E-state index in [0.717, 1.165) is 21.8 Å². The molecule has 2 N–H and O–H groups in total. The molecule has 1 aliphatic rings. The summed E-state index contributed by atoms with van der Waals surface area (Å²) in [7, 11) is 1.72. The Morgan fingerprint density at radius 3 is 2.65 bits per heavy atom. The van der Waals surface area contributed by atoms with Crippen molar-refractivity contribution in [2.75, 3.05) is 25.0 Å². The van der Waals surface area contributed by atoms with E-state index >= 15 is 0 Å². The quantitative estimate of drug-likeness (QED) is 0.389. The predicted molar refractivity (Wildman–Crippen MR) is 118 cm³/mol. The lowest BCUT2D eigenvalue weighted by Crippen LogP contribution is -2.42. The number of halogens is 2. The van der Waals surface area contributed by atoms with Crippen molar-refractivity contribution in [2.45, 2.75) is 13.0 Å². The van der Waals surface area contributed by atoms with E-state index in [4.69, 9.17) is 11.6 Å². The highest BCUT2D eigenvalue weighted by Crippen LogP contribution is 2.27. The lowest BCUT2D eigenvalue weighted by Gasteiger charge is -2.19. The molecule has 0 aromatic heterocycles. The second-order valence-corrected chi connectivity index (χ2v) is 6.20. The zero-order chi connectivity index (χ0) is 17.6. The average molecular weight is 485 g/mol. The van der Waals surface area contributed by atoms with Gasteiger partial charge in [-0.3, -0.25) is 9.79 Å². The molecule has 0 aliphatic carbocycles. The van der Waals surface area contributed by atoms with Gasteiger partial charge in [0, 0.05) is 37.4 Å². The fourth-order valence-corrected chi connectivity index (χ4v) is 3.09. The number of nitrogens with zero attached hydrogens (tertiary/aromatic N) is 2. The van der Waals surface area contributed by atoms with Gasteiger partial charge in [-0.15, -0.1) is 24.0 Å². The van der Waals surface area contributed by atoms with Crippen molar-refractivity contribution < 1.29 is 4.79 Å². The summed E-state index contributed by atoms with van der Waals surface area (Å²) in [6.07, 6.45) is 0.482. The van der Waals surface area contributed by atoms with Crippen LogP contribution in [0.15, 0.2) is 53.5 Å². The zero-order valence-corrected chi connectivity index (χ0v) is 17.6. The second kappa shape index (κ2) is 9.78. The Hall–Kier alpha value is -1.80. The van der Waals surface area contributed by atoms with Crippen LogP contribution in [0.1, 0.15) is 11.1 Å². The number of benzene rings is 2. The summed E-state index contributed by atoms with van der Waals surface area (Å²) in [5.74, 6) is 0.821. The molecule has 7 heteroatoms. The van der Waals surface area contributed by atoms with Crippen LogP contribution in [0, 0.1) is 0 Å². The van der Waals surface area contributed by atoms with Gasteiger partial charge < -0.3 is 15.5 Å². The van der Waals surface area contributed by atoms with Gasteiger partial charge in [0.1, 0.15) is 0 Å². The minimum atomic E-state index is 0. The summed E-state index contributed by atoms with van der Waals surface area (Å²) in [4.78, 5) is 18.2. The first-order valence-corrected chi connectivity index (χ1v) is 8.63. The number of fused-ring (bicyclic) bond motifs is 1. The highest BCUT2D eigenvalue weighted by molar-refractivity contribution is 14.0. The highest BCUT2D eigenvalue weighted by atomic mass is 127. The molecule has 2 aromatic carbocycles. The predicted octanol–water partition coefficient (Wildman–Crippen LogP) is 3.21. The summed E-state index contributed by atoms with van der Waals surface area (Å²) < 4.78 is 0. The first-order valence-electron chi connectivity index (χ1n) is 8.25. The number of rotatable bonds is 5. The molecule has 0 radical (unpaired) electrons. The summed E-state index contributed by atoms with van der Waals surface area (Å²) in [5.41, 5.74) is 3.11. The van der Waals surface area contributed by atoms with E-state index < -0.39 is 0 Å². The van der Waals surface area contributed by atoms with E-state index in [9.17, 15) is 4.79 Å². The Bertz CT molecular complexity index is 797. The second-order valence-electron chi connectivity index (χ2n) is 5.79. The van der Waals surface area contributed by atoms with Gasteiger partial charge in [-0.25, -0.2) is 0 Å². The molecule has 1 aliphatic heterocycles. The number of para-hydroxylation sites is 1. The molecule has 138 valence electrons. The lowest BCUT2D eigenvalue weighted by atomic mass is 10.2. The highest BCUT2D eigenvalue weighted by Gasteiger charge is 2.25. The third kappa shape index (κ3) is 4.88. The van der Waals surface area contributed by atoms with Crippen LogP contribution < -0.4 is 15.5 Å². The van der Waals surface area contributed by atoms with E-state index in [2.05, 4.69) is 15.6 Å². The number of guanidine groups is 1. The van der Waals surface area contributed by atoms with Crippen LogP contribution in [0.4, 0.5) is 5.69 Å². The van der Waals surface area contributed by atoms with E-state index in [1.54, 1.807) is 7.05 Å². The summed E-state index contributed by atoms with van der Waals surface area (Å²) >= 11 is 6.16. The van der Waals surface area contributed by atoms with Crippen LogP contribution in [0.5, 0.6) is 0 Å². The van der Waals surface area contributed by atoms with Crippen molar-refractivity contribution in [3.8, 4) is 0 Å². The molecule has 3 rings (SSSR count). The topological polar surface area (TPSA) is 56.7 Å². The number of nitrogens with one attached hydrogen (secondary N) is 2. The molecule has 5 nitrogen and oxygen atoms in total. The molecular weight excluding hydrogens is 463 g/mol. The Labute approximate surface area is 175 Å². The summed E-state index contributed by atoms with van der Waals surface area (Å²) in [5, 5.41) is 7.20. The minimum absolute atomic E-state index is 0. The third-order valence-electron chi connectivity index (χ3n) is 4.18. The number of aliphatic imine (C=N–C) groups is 1. The summed E-state index contributed by atoms with van der Waals surface area (Å²) in [6, 6.07) is 15.6. The van der Waals surface area contributed by atoms with Gasteiger partial charge in [0.2, 0.25) is 5.91 Å². The van der Waals surface area contributed by atoms with Crippen LogP contribution in [-0.2, 0) is 17.8 Å². The normalized spacial score (nSPS) is 13.2. The molecule has 26 heavy (non-hydrogen) atoms. The van der Waals surface area contributed by atoms with E-state index in [1.165, 1.54) is 0 Å². The Balaban J connectivity index is 0.00000243. The SMILES string of the molecule is CN=C(NCCN1C(=O)Cc2ccccc21)NCc1ccccc1Cl.I. The first-order chi connectivity index (χ1) is 12.2. The fraction of sp³-hybridized carbons (Fsp3) is 0.263. The van der Waals surface area contributed by atoms with E-state index in [-0.39, 0.29) is 29.9 Å². The van der Waals surface area contributed by atoms with Crippen molar-refractivity contribution >= 4 is 53.1 Å². The standard InChI is InChI=1S/C19H21ClN4O.HI/c1-21-19(23-13-15-7-2-4-8-16(15)20)22-10-11-24-17-9-5-3-6-14(17)12-18(24)25;/h2-9H,10-13H2,1H3,(H2,21,22,23);1H. The van der Waals surface area contributed by atoms with Gasteiger partial charge >= 0.3 is 0 Å². The van der Waals surface area contributed by atoms with Crippen LogP contribution in [0.25, 0.3) is 0 Å². The maximum absolute atomic E-state index is 12.2. The van der Waals surface area contributed by atoms with E-state index in [1.807, 2.05) is 53.4 Å². The van der Waals surface area contributed by atoms with Gasteiger partial charge in [-0.05, 0) is 23.3 Å². The van der Waals surface area contributed by atoms with Crippen molar-refractivity contribution in [3.05, 3.63) is 64.7 Å². The van der Waals surface area contributed by atoms with E-state index in [0.29, 0.717) is 32.0 Å². The molecule has 0 fully saturated rings. The maximum atomic E-state index is 12.2. The Kier molecular flexibility index (Phi) is 7.71. The van der Waals surface area contributed by atoms with Crippen LogP contribution >= 0.6 is 35.6 Å². The molecular formula is C19H22ClIN4O. The van der Waals surface area contributed by atoms with Gasteiger partial charge in [-0.1, -0.05) is 48.0 Å². The Morgan fingerprint density at radius 2 is 1.88 bits per heavy atom. The number of carbonyl (C=O) groups is 1.